The molecule has 0 aliphatic carbocycles. The third-order valence-corrected chi connectivity index (χ3v) is 4.53. The van der Waals surface area contributed by atoms with Crippen LogP contribution in [-0.2, 0) is 13.1 Å². The van der Waals surface area contributed by atoms with Gasteiger partial charge in [0.05, 0.1) is 0 Å². The van der Waals surface area contributed by atoms with E-state index in [1.165, 1.54) is 49.9 Å². The Morgan fingerprint density at radius 2 is 1.71 bits per heavy atom. The molecule has 2 aromatic rings. The summed E-state index contributed by atoms with van der Waals surface area (Å²) in [5, 5.41) is 12.3. The molecule has 1 aliphatic heterocycles. The Balaban J connectivity index is 1.66. The first kappa shape index (κ1) is 16.5. The molecule has 3 rings (SSSR count). The van der Waals surface area contributed by atoms with Crippen molar-refractivity contribution in [2.75, 3.05) is 18.4 Å². The number of nitrogens with one attached hydrogen (secondary N) is 1. The van der Waals surface area contributed by atoms with Crippen LogP contribution in [0.3, 0.4) is 0 Å². The first-order valence-electron chi connectivity index (χ1n) is 8.75. The van der Waals surface area contributed by atoms with Gasteiger partial charge in [0.15, 0.2) is 0 Å². The second kappa shape index (κ2) is 8.47. The molecule has 0 unspecified atom stereocenters. The highest BCUT2D eigenvalue weighted by Crippen LogP contribution is 2.17. The van der Waals surface area contributed by atoms with Crippen molar-refractivity contribution in [3.05, 3.63) is 59.3 Å². The SMILES string of the molecule is N#Cc1cccc(NCc2ccccc2CN2CCCCCC2)n1. The van der Waals surface area contributed by atoms with Crippen molar-refractivity contribution in [3.8, 4) is 6.07 Å². The maximum atomic E-state index is 8.95. The van der Waals surface area contributed by atoms with Crippen molar-refractivity contribution in [1.29, 1.82) is 5.26 Å². The zero-order valence-electron chi connectivity index (χ0n) is 14.0. The predicted octanol–water partition coefficient (Wildman–Crippen LogP) is 3.94. The Morgan fingerprint density at radius 3 is 2.46 bits per heavy atom. The van der Waals surface area contributed by atoms with Crippen LogP contribution in [0.5, 0.6) is 0 Å². The van der Waals surface area contributed by atoms with Crippen LogP contribution in [0.25, 0.3) is 0 Å². The number of likely N-dealkylation sites (tertiary alicyclic amines) is 1. The Labute approximate surface area is 144 Å². The van der Waals surface area contributed by atoms with Gasteiger partial charge in [0.1, 0.15) is 17.6 Å². The second-order valence-electron chi connectivity index (χ2n) is 6.33. The average molecular weight is 320 g/mol. The van der Waals surface area contributed by atoms with Crippen LogP contribution in [0.1, 0.15) is 42.5 Å². The molecule has 0 spiro atoms. The molecule has 0 amide bonds. The lowest BCUT2D eigenvalue weighted by Gasteiger charge is -2.21. The molecule has 124 valence electrons. The monoisotopic (exact) mass is 320 g/mol. The van der Waals surface area contributed by atoms with E-state index in [1.54, 1.807) is 6.07 Å². The van der Waals surface area contributed by atoms with Gasteiger partial charge in [0, 0.05) is 13.1 Å². The largest absolute Gasteiger partial charge is 0.366 e. The highest BCUT2D eigenvalue weighted by molar-refractivity contribution is 5.40. The van der Waals surface area contributed by atoms with Gasteiger partial charge < -0.3 is 5.32 Å². The van der Waals surface area contributed by atoms with E-state index in [0.717, 1.165) is 18.9 Å². The molecule has 1 aromatic heterocycles. The van der Waals surface area contributed by atoms with Gasteiger partial charge in [-0.3, -0.25) is 4.90 Å². The summed E-state index contributed by atoms with van der Waals surface area (Å²) in [6.07, 6.45) is 5.35. The number of anilines is 1. The van der Waals surface area contributed by atoms with E-state index in [2.05, 4.69) is 45.5 Å². The number of nitriles is 1. The molecule has 0 saturated carbocycles. The van der Waals surface area contributed by atoms with E-state index < -0.39 is 0 Å². The van der Waals surface area contributed by atoms with Crippen LogP contribution in [0.4, 0.5) is 5.82 Å². The molecule has 2 heterocycles. The Morgan fingerprint density at radius 1 is 0.958 bits per heavy atom. The number of aromatic nitrogens is 1. The highest BCUT2D eigenvalue weighted by Gasteiger charge is 2.11. The number of hydrogen-bond acceptors (Lipinski definition) is 4. The van der Waals surface area contributed by atoms with E-state index in [0.29, 0.717) is 5.69 Å². The van der Waals surface area contributed by atoms with Crippen LogP contribution in [0, 0.1) is 11.3 Å². The van der Waals surface area contributed by atoms with Crippen LogP contribution in [0.2, 0.25) is 0 Å². The third-order valence-electron chi connectivity index (χ3n) is 4.53. The lowest BCUT2D eigenvalue weighted by molar-refractivity contribution is 0.276. The van der Waals surface area contributed by atoms with E-state index in [1.807, 2.05) is 12.1 Å². The molecule has 0 radical (unpaired) electrons. The molecule has 0 bridgehead atoms. The van der Waals surface area contributed by atoms with Gasteiger partial charge in [-0.2, -0.15) is 5.26 Å². The molecule has 4 heteroatoms. The minimum absolute atomic E-state index is 0.442. The molecule has 1 N–H and O–H groups in total. The Bertz CT molecular complexity index is 697. The molecule has 1 saturated heterocycles. The fourth-order valence-corrected chi connectivity index (χ4v) is 3.20. The van der Waals surface area contributed by atoms with Gasteiger partial charge >= 0.3 is 0 Å². The molecule has 1 aromatic carbocycles. The minimum atomic E-state index is 0.442. The lowest BCUT2D eigenvalue weighted by atomic mass is 10.1. The first-order valence-corrected chi connectivity index (χ1v) is 8.75. The first-order chi connectivity index (χ1) is 11.8. The summed E-state index contributed by atoms with van der Waals surface area (Å²) >= 11 is 0. The van der Waals surface area contributed by atoms with Crippen molar-refractivity contribution in [1.82, 2.24) is 9.88 Å². The third kappa shape index (κ3) is 4.56. The average Bonchev–Trinajstić information content (AvgIpc) is 2.90. The summed E-state index contributed by atoms with van der Waals surface area (Å²) < 4.78 is 0. The van der Waals surface area contributed by atoms with E-state index in [9.17, 15) is 0 Å². The van der Waals surface area contributed by atoms with Gasteiger partial charge in [-0.15, -0.1) is 0 Å². The summed E-state index contributed by atoms with van der Waals surface area (Å²) in [6, 6.07) is 16.2. The van der Waals surface area contributed by atoms with Crippen molar-refractivity contribution in [2.45, 2.75) is 38.8 Å². The van der Waals surface area contributed by atoms with Gasteiger partial charge in [0.2, 0.25) is 0 Å². The molecule has 24 heavy (non-hydrogen) atoms. The summed E-state index contributed by atoms with van der Waals surface area (Å²) in [5.41, 5.74) is 3.12. The van der Waals surface area contributed by atoms with Crippen molar-refractivity contribution in [3.63, 3.8) is 0 Å². The molecule has 0 atom stereocenters. The summed E-state index contributed by atoms with van der Waals surface area (Å²) in [6.45, 7) is 4.15. The predicted molar refractivity (Wildman–Crippen MR) is 96.5 cm³/mol. The molecular formula is C20H24N4. The number of pyridine rings is 1. The molecule has 1 aliphatic rings. The Kier molecular flexibility index (Phi) is 5.81. The van der Waals surface area contributed by atoms with Gasteiger partial charge in [-0.05, 0) is 49.2 Å². The topological polar surface area (TPSA) is 52.0 Å². The maximum absolute atomic E-state index is 8.95. The summed E-state index contributed by atoms with van der Waals surface area (Å²) in [7, 11) is 0. The minimum Gasteiger partial charge on any atom is -0.366 e. The quantitative estimate of drug-likeness (QED) is 0.906. The number of rotatable bonds is 5. The fraction of sp³-hybridized carbons (Fsp3) is 0.400. The number of nitrogens with zero attached hydrogens (tertiary/aromatic N) is 3. The van der Waals surface area contributed by atoms with Crippen molar-refractivity contribution >= 4 is 5.82 Å². The van der Waals surface area contributed by atoms with E-state index in [-0.39, 0.29) is 0 Å². The zero-order chi connectivity index (χ0) is 16.6. The highest BCUT2D eigenvalue weighted by atomic mass is 15.1. The molecule has 4 nitrogen and oxygen atoms in total. The van der Waals surface area contributed by atoms with Crippen LogP contribution in [0.15, 0.2) is 42.5 Å². The number of hydrogen-bond donors (Lipinski definition) is 1. The van der Waals surface area contributed by atoms with Gasteiger partial charge in [-0.25, -0.2) is 4.98 Å². The normalized spacial score (nSPS) is 15.5. The van der Waals surface area contributed by atoms with E-state index >= 15 is 0 Å². The lowest BCUT2D eigenvalue weighted by Crippen LogP contribution is -2.24. The Hall–Kier alpha value is -2.38. The maximum Gasteiger partial charge on any atom is 0.142 e. The number of benzene rings is 1. The second-order valence-corrected chi connectivity index (χ2v) is 6.33. The molecule has 1 fully saturated rings. The van der Waals surface area contributed by atoms with E-state index in [4.69, 9.17) is 5.26 Å². The van der Waals surface area contributed by atoms with Gasteiger partial charge in [0.25, 0.3) is 0 Å². The fourth-order valence-electron chi connectivity index (χ4n) is 3.20. The standard InChI is InChI=1S/C20H24N4/c21-14-19-10-7-11-20(23-19)22-15-17-8-3-4-9-18(17)16-24-12-5-1-2-6-13-24/h3-4,7-11H,1-2,5-6,12-13,15-16H2,(H,22,23). The smallest absolute Gasteiger partial charge is 0.142 e. The van der Waals surface area contributed by atoms with Crippen LogP contribution < -0.4 is 5.32 Å². The van der Waals surface area contributed by atoms with Crippen LogP contribution >= 0.6 is 0 Å². The van der Waals surface area contributed by atoms with Gasteiger partial charge in [-0.1, -0.05) is 43.2 Å². The molecular weight excluding hydrogens is 296 g/mol. The van der Waals surface area contributed by atoms with Crippen molar-refractivity contribution in [2.24, 2.45) is 0 Å². The van der Waals surface area contributed by atoms with Crippen molar-refractivity contribution < 1.29 is 0 Å². The summed E-state index contributed by atoms with van der Waals surface area (Å²) in [5.74, 6) is 0.749. The zero-order valence-corrected chi connectivity index (χ0v) is 14.0. The van der Waals surface area contributed by atoms with Crippen LogP contribution in [-0.4, -0.2) is 23.0 Å². The summed E-state index contributed by atoms with van der Waals surface area (Å²) in [4.78, 5) is 6.85.